The summed E-state index contributed by atoms with van der Waals surface area (Å²) in [7, 11) is 0.495. The number of carbonyl (C=O) groups is 1. The molecular weight excluding hydrogens is 396 g/mol. The highest BCUT2D eigenvalue weighted by Crippen LogP contribution is 2.27. The Morgan fingerprint density at radius 1 is 1.43 bits per heavy atom. The summed E-state index contributed by atoms with van der Waals surface area (Å²) in [5.41, 5.74) is 2.68. The zero-order valence-corrected chi connectivity index (χ0v) is 18.2. The van der Waals surface area contributed by atoms with Crippen LogP contribution in [0.2, 0.25) is 0 Å². The maximum absolute atomic E-state index is 12.3. The number of unbranched alkanes of at least 4 members (excludes halogenated alkanes) is 1. The van der Waals surface area contributed by atoms with Crippen molar-refractivity contribution in [2.45, 2.75) is 56.6 Å². The second kappa shape index (κ2) is 12.2. The quantitative estimate of drug-likeness (QED) is 0.398. The number of hydrogen-bond donors (Lipinski definition) is 0. The van der Waals surface area contributed by atoms with Crippen LogP contribution in [0.15, 0.2) is 11.1 Å². The van der Waals surface area contributed by atoms with Gasteiger partial charge in [0.25, 0.3) is 0 Å². The van der Waals surface area contributed by atoms with E-state index in [1.54, 1.807) is 0 Å². The van der Waals surface area contributed by atoms with Crippen molar-refractivity contribution in [1.29, 1.82) is 5.26 Å². The first-order valence-corrected chi connectivity index (χ1v) is 12.1. The van der Waals surface area contributed by atoms with Gasteiger partial charge in [-0.1, -0.05) is 25.1 Å². The van der Waals surface area contributed by atoms with E-state index in [0.29, 0.717) is 16.3 Å². The molecular formula is C20H28N2O4S2. The summed E-state index contributed by atoms with van der Waals surface area (Å²) in [5.74, 6) is 0.531. The van der Waals surface area contributed by atoms with Crippen LogP contribution in [0.1, 0.15) is 49.4 Å². The molecule has 0 N–H and O–H groups in total. The van der Waals surface area contributed by atoms with Crippen molar-refractivity contribution in [2.24, 2.45) is 0 Å². The summed E-state index contributed by atoms with van der Waals surface area (Å²) in [5, 5.41) is 9.98. The summed E-state index contributed by atoms with van der Waals surface area (Å²) in [6.45, 7) is 2.26. The topological polar surface area (TPSA) is 89.3 Å². The number of aryl methyl sites for hydroxylation is 2. The molecule has 0 saturated heterocycles. The molecule has 1 heterocycles. The molecule has 0 aliphatic heterocycles. The van der Waals surface area contributed by atoms with E-state index in [1.807, 2.05) is 13.0 Å². The van der Waals surface area contributed by atoms with E-state index in [0.717, 1.165) is 49.8 Å². The van der Waals surface area contributed by atoms with Crippen LogP contribution in [0.25, 0.3) is 0 Å². The summed E-state index contributed by atoms with van der Waals surface area (Å²) in [6.07, 6.45) is 5.44. The second-order valence-electron chi connectivity index (χ2n) is 6.79. The molecule has 1 aromatic heterocycles. The number of thioether (sulfide) groups is 1. The third-order valence-corrected chi connectivity index (χ3v) is 6.91. The van der Waals surface area contributed by atoms with Crippen LogP contribution in [0, 0.1) is 11.3 Å². The van der Waals surface area contributed by atoms with Crippen molar-refractivity contribution < 1.29 is 18.5 Å². The zero-order chi connectivity index (χ0) is 20.4. The fourth-order valence-electron chi connectivity index (χ4n) is 3.05. The second-order valence-corrected chi connectivity index (χ2v) is 9.37. The number of rotatable bonds is 11. The van der Waals surface area contributed by atoms with Gasteiger partial charge in [-0.2, -0.15) is 5.26 Å². The highest BCUT2D eigenvalue weighted by Gasteiger charge is 2.20. The lowest BCUT2D eigenvalue weighted by Gasteiger charge is -2.18. The number of pyridine rings is 1. The highest BCUT2D eigenvalue weighted by molar-refractivity contribution is 7.99. The van der Waals surface area contributed by atoms with Crippen molar-refractivity contribution in [1.82, 2.24) is 4.98 Å². The number of fused-ring (bicyclic) bond motifs is 1. The molecule has 28 heavy (non-hydrogen) atoms. The van der Waals surface area contributed by atoms with Crippen molar-refractivity contribution in [2.75, 3.05) is 31.0 Å². The van der Waals surface area contributed by atoms with E-state index >= 15 is 0 Å². The Balaban J connectivity index is 1.93. The van der Waals surface area contributed by atoms with Crippen molar-refractivity contribution >= 4 is 28.5 Å². The fraction of sp³-hybridized carbons (Fsp3) is 0.650. The molecule has 0 bridgehead atoms. The van der Waals surface area contributed by atoms with Gasteiger partial charge in [-0.25, -0.2) is 4.98 Å². The van der Waals surface area contributed by atoms with Crippen molar-refractivity contribution in [3.8, 4) is 6.07 Å². The van der Waals surface area contributed by atoms with Gasteiger partial charge in [-0.3, -0.25) is 9.00 Å². The molecule has 1 aromatic rings. The van der Waals surface area contributed by atoms with Crippen LogP contribution in [0.3, 0.4) is 0 Å². The standard InChI is InChI=1S/C20H28N2O4S2/c1-3-4-9-28(24)14-17(12-25-2)26-19(23)13-27-20-16(11-21)10-15-7-5-6-8-18(15)22-20/h10,17H,3-9,12-14H2,1-2H3. The van der Waals surface area contributed by atoms with Crippen LogP contribution in [-0.2, 0) is 37.9 Å². The predicted octanol–water partition coefficient (Wildman–Crippen LogP) is 3.03. The lowest BCUT2D eigenvalue weighted by molar-refractivity contribution is -0.146. The summed E-state index contributed by atoms with van der Waals surface area (Å²) in [6, 6.07) is 4.08. The first kappa shape index (κ1) is 22.9. The fourth-order valence-corrected chi connectivity index (χ4v) is 5.16. The minimum atomic E-state index is -1.03. The molecule has 0 spiro atoms. The molecule has 8 heteroatoms. The van der Waals surface area contributed by atoms with Crippen molar-refractivity contribution in [3.05, 3.63) is 22.9 Å². The van der Waals surface area contributed by atoms with E-state index < -0.39 is 22.9 Å². The van der Waals surface area contributed by atoms with Gasteiger partial charge in [0.1, 0.15) is 17.2 Å². The third kappa shape index (κ3) is 7.19. The van der Waals surface area contributed by atoms with Gasteiger partial charge < -0.3 is 9.47 Å². The third-order valence-electron chi connectivity index (χ3n) is 4.46. The maximum Gasteiger partial charge on any atom is 0.316 e. The van der Waals surface area contributed by atoms with Gasteiger partial charge in [0.15, 0.2) is 0 Å². The van der Waals surface area contributed by atoms with Crippen LogP contribution < -0.4 is 0 Å². The zero-order valence-electron chi connectivity index (χ0n) is 16.6. The monoisotopic (exact) mass is 424 g/mol. The Hall–Kier alpha value is -1.43. The van der Waals surface area contributed by atoms with Crippen LogP contribution in [0.4, 0.5) is 0 Å². The smallest absolute Gasteiger partial charge is 0.316 e. The van der Waals surface area contributed by atoms with Crippen molar-refractivity contribution in [3.63, 3.8) is 0 Å². The highest BCUT2D eigenvalue weighted by atomic mass is 32.2. The average Bonchev–Trinajstić information content (AvgIpc) is 2.70. The van der Waals surface area contributed by atoms with E-state index in [9.17, 15) is 14.3 Å². The lowest BCUT2D eigenvalue weighted by atomic mass is 9.95. The molecule has 154 valence electrons. The molecule has 0 saturated carbocycles. The molecule has 2 rings (SSSR count). The van der Waals surface area contributed by atoms with Gasteiger partial charge in [-0.05, 0) is 43.7 Å². The largest absolute Gasteiger partial charge is 0.458 e. The summed E-state index contributed by atoms with van der Waals surface area (Å²) >= 11 is 1.22. The van der Waals surface area contributed by atoms with E-state index in [4.69, 9.17) is 9.47 Å². The molecule has 0 radical (unpaired) electrons. The first-order chi connectivity index (χ1) is 13.6. The lowest BCUT2D eigenvalue weighted by Crippen LogP contribution is -2.30. The number of nitrogens with zero attached hydrogens (tertiary/aromatic N) is 2. The normalized spacial score (nSPS) is 15.3. The van der Waals surface area contributed by atoms with Crippen LogP contribution in [-0.4, -0.2) is 52.2 Å². The Morgan fingerprint density at radius 2 is 2.21 bits per heavy atom. The number of nitriles is 1. The maximum atomic E-state index is 12.3. The molecule has 1 aliphatic rings. The van der Waals surface area contributed by atoms with Gasteiger partial charge in [-0.15, -0.1) is 0 Å². The number of esters is 1. The SMILES string of the molecule is CCCCS(=O)CC(COC)OC(=O)CSc1nc2c(cc1C#N)CCCC2. The number of hydrogen-bond acceptors (Lipinski definition) is 7. The predicted molar refractivity (Wildman–Crippen MR) is 111 cm³/mol. The molecule has 1 aliphatic carbocycles. The molecule has 0 fully saturated rings. The van der Waals surface area contributed by atoms with Gasteiger partial charge in [0.05, 0.1) is 23.7 Å². The minimum absolute atomic E-state index is 0.0578. The first-order valence-electron chi connectivity index (χ1n) is 9.66. The van der Waals surface area contributed by atoms with Gasteiger partial charge >= 0.3 is 5.97 Å². The molecule has 2 atom stereocenters. The van der Waals surface area contributed by atoms with E-state index in [1.165, 1.54) is 18.9 Å². The minimum Gasteiger partial charge on any atom is -0.458 e. The molecule has 0 aromatic carbocycles. The molecule has 2 unspecified atom stereocenters. The Kier molecular flexibility index (Phi) is 9.96. The number of carbonyl (C=O) groups excluding carboxylic acids is 1. The number of ether oxygens (including phenoxy) is 2. The summed E-state index contributed by atoms with van der Waals surface area (Å²) in [4.78, 5) is 16.9. The van der Waals surface area contributed by atoms with Crippen LogP contribution in [0.5, 0.6) is 0 Å². The molecule has 6 nitrogen and oxygen atoms in total. The Bertz CT molecular complexity index is 734. The average molecular weight is 425 g/mol. The Labute approximate surface area is 173 Å². The molecule has 0 amide bonds. The van der Waals surface area contributed by atoms with Gasteiger partial charge in [0, 0.05) is 29.4 Å². The Morgan fingerprint density at radius 3 is 2.93 bits per heavy atom. The van der Waals surface area contributed by atoms with Crippen LogP contribution >= 0.6 is 11.8 Å². The van der Waals surface area contributed by atoms with E-state index in [2.05, 4.69) is 11.1 Å². The van der Waals surface area contributed by atoms with Gasteiger partial charge in [0.2, 0.25) is 0 Å². The van der Waals surface area contributed by atoms with E-state index in [-0.39, 0.29) is 18.1 Å². The summed E-state index contributed by atoms with van der Waals surface area (Å²) < 4.78 is 22.6. The number of methoxy groups -OCH3 is 1. The number of aromatic nitrogens is 1.